The van der Waals surface area contributed by atoms with Crippen LogP contribution >= 0.6 is 0 Å². The quantitative estimate of drug-likeness (QED) is 0.671. The summed E-state index contributed by atoms with van der Waals surface area (Å²) in [6.07, 6.45) is 1.84. The molecule has 80 valence electrons. The molecule has 0 saturated carbocycles. The highest BCUT2D eigenvalue weighted by Crippen LogP contribution is 2.09. The molecule has 2 N–H and O–H groups in total. The normalized spacial score (nSPS) is 17.5. The van der Waals surface area contributed by atoms with Crippen molar-refractivity contribution in [2.24, 2.45) is 5.92 Å². The van der Waals surface area contributed by atoms with Crippen molar-refractivity contribution in [1.29, 1.82) is 0 Å². The molecule has 1 amide bonds. The second kappa shape index (κ2) is 5.65. The van der Waals surface area contributed by atoms with Gasteiger partial charge in [0.15, 0.2) is 0 Å². The first-order chi connectivity index (χ1) is 6.68. The van der Waals surface area contributed by atoms with Crippen molar-refractivity contribution >= 4 is 6.09 Å². The predicted octanol–water partition coefficient (Wildman–Crippen LogP) is 1.25. The molecule has 1 rings (SSSR count). The molecule has 0 aromatic heterocycles. The number of piperidine rings is 1. The minimum Gasteiger partial charge on any atom is -0.416 e. The average molecular weight is 198 g/mol. The third-order valence-electron chi connectivity index (χ3n) is 2.26. The summed E-state index contributed by atoms with van der Waals surface area (Å²) in [5.74, 6) is 1.00. The highest BCUT2D eigenvalue weighted by molar-refractivity contribution is 5.68. The number of amides is 1. The molecule has 0 aromatic rings. The van der Waals surface area contributed by atoms with E-state index in [1.54, 1.807) is 6.92 Å². The number of carbonyl (C=O) groups excluding carboxylic acids is 1. The van der Waals surface area contributed by atoms with Gasteiger partial charge in [0, 0.05) is 6.54 Å². The topological polar surface area (TPSA) is 50.4 Å². The maximum Gasteiger partial charge on any atom is 0.412 e. The fourth-order valence-corrected chi connectivity index (χ4v) is 1.51. The van der Waals surface area contributed by atoms with Gasteiger partial charge in [-0.2, -0.15) is 0 Å². The maximum absolute atomic E-state index is 11.1. The first-order valence-corrected chi connectivity index (χ1v) is 5.00. The van der Waals surface area contributed by atoms with Gasteiger partial charge >= 0.3 is 6.09 Å². The van der Waals surface area contributed by atoms with Crippen LogP contribution in [0.2, 0.25) is 0 Å². The minimum absolute atomic E-state index is 0.393. The van der Waals surface area contributed by atoms with Crippen LogP contribution < -0.4 is 10.6 Å². The summed E-state index contributed by atoms with van der Waals surface area (Å²) in [5.41, 5.74) is 0. The highest BCUT2D eigenvalue weighted by Gasteiger charge is 2.14. The van der Waals surface area contributed by atoms with Crippen LogP contribution in [-0.2, 0) is 4.74 Å². The van der Waals surface area contributed by atoms with E-state index in [0.717, 1.165) is 25.9 Å². The van der Waals surface area contributed by atoms with E-state index in [4.69, 9.17) is 4.74 Å². The van der Waals surface area contributed by atoms with E-state index in [-0.39, 0.29) is 0 Å². The average Bonchev–Trinajstić information content (AvgIpc) is 2.15. The molecule has 4 nitrogen and oxygen atoms in total. The highest BCUT2D eigenvalue weighted by atomic mass is 16.6. The van der Waals surface area contributed by atoms with E-state index in [2.05, 4.69) is 17.2 Å². The Morgan fingerprint density at radius 1 is 1.57 bits per heavy atom. The fourth-order valence-electron chi connectivity index (χ4n) is 1.51. The summed E-state index contributed by atoms with van der Waals surface area (Å²) in [7, 11) is 0. The number of allylic oxidation sites excluding steroid dienone is 1. The summed E-state index contributed by atoms with van der Waals surface area (Å²) in [5, 5.41) is 6.01. The molecule has 14 heavy (non-hydrogen) atoms. The number of nitrogens with one attached hydrogen (secondary N) is 2. The first-order valence-electron chi connectivity index (χ1n) is 5.00. The monoisotopic (exact) mass is 198 g/mol. The zero-order valence-corrected chi connectivity index (χ0v) is 8.64. The van der Waals surface area contributed by atoms with Crippen LogP contribution in [0.3, 0.4) is 0 Å². The second-order valence-electron chi connectivity index (χ2n) is 3.67. The van der Waals surface area contributed by atoms with E-state index >= 15 is 0 Å². The van der Waals surface area contributed by atoms with Crippen molar-refractivity contribution in [1.82, 2.24) is 10.6 Å². The van der Waals surface area contributed by atoms with Crippen LogP contribution in [0.25, 0.3) is 0 Å². The molecule has 1 aliphatic heterocycles. The molecule has 0 unspecified atom stereocenters. The van der Waals surface area contributed by atoms with Crippen LogP contribution in [0.4, 0.5) is 4.79 Å². The Bertz CT molecular complexity index is 210. The lowest BCUT2D eigenvalue weighted by molar-refractivity contribution is 0.173. The second-order valence-corrected chi connectivity index (χ2v) is 3.67. The molecular weight excluding hydrogens is 180 g/mol. The van der Waals surface area contributed by atoms with Gasteiger partial charge in [-0.05, 0) is 38.8 Å². The fraction of sp³-hybridized carbons (Fsp3) is 0.700. The molecule has 4 heteroatoms. The van der Waals surface area contributed by atoms with Crippen LogP contribution in [0.15, 0.2) is 12.3 Å². The molecule has 1 heterocycles. The van der Waals surface area contributed by atoms with Gasteiger partial charge in [-0.1, -0.05) is 6.58 Å². The Balaban J connectivity index is 2.12. The Hall–Kier alpha value is -1.03. The van der Waals surface area contributed by atoms with Gasteiger partial charge in [0.25, 0.3) is 0 Å². The molecule has 0 bridgehead atoms. The number of carbonyl (C=O) groups is 1. The van der Waals surface area contributed by atoms with Crippen molar-refractivity contribution in [2.75, 3.05) is 19.6 Å². The predicted molar refractivity (Wildman–Crippen MR) is 54.9 cm³/mol. The Kier molecular flexibility index (Phi) is 4.46. The number of ether oxygens (including phenoxy) is 1. The summed E-state index contributed by atoms with van der Waals surface area (Å²) in [6, 6.07) is 0. The van der Waals surface area contributed by atoms with Crippen LogP contribution in [-0.4, -0.2) is 25.7 Å². The molecule has 1 fully saturated rings. The van der Waals surface area contributed by atoms with Gasteiger partial charge in [0.05, 0.1) is 5.76 Å². The van der Waals surface area contributed by atoms with E-state index in [0.29, 0.717) is 18.2 Å². The lowest BCUT2D eigenvalue weighted by Crippen LogP contribution is -2.36. The van der Waals surface area contributed by atoms with Crippen LogP contribution in [0.5, 0.6) is 0 Å². The Morgan fingerprint density at radius 3 is 2.79 bits per heavy atom. The van der Waals surface area contributed by atoms with Crippen molar-refractivity contribution < 1.29 is 9.53 Å². The van der Waals surface area contributed by atoms with Crippen molar-refractivity contribution in [2.45, 2.75) is 19.8 Å². The number of hydrogen-bond acceptors (Lipinski definition) is 3. The van der Waals surface area contributed by atoms with Crippen molar-refractivity contribution in [3.63, 3.8) is 0 Å². The van der Waals surface area contributed by atoms with Gasteiger partial charge in [-0.25, -0.2) is 4.79 Å². The Labute approximate surface area is 84.7 Å². The Morgan fingerprint density at radius 2 is 2.21 bits per heavy atom. The smallest absolute Gasteiger partial charge is 0.412 e. The third-order valence-corrected chi connectivity index (χ3v) is 2.26. The molecule has 0 aliphatic carbocycles. The molecule has 0 atom stereocenters. The van der Waals surface area contributed by atoms with Crippen molar-refractivity contribution in [3.05, 3.63) is 12.3 Å². The van der Waals surface area contributed by atoms with Gasteiger partial charge in [0.2, 0.25) is 0 Å². The van der Waals surface area contributed by atoms with Gasteiger partial charge in [-0.3, -0.25) is 0 Å². The molecule has 0 spiro atoms. The first kappa shape index (κ1) is 11.0. The molecule has 0 radical (unpaired) electrons. The van der Waals surface area contributed by atoms with E-state index in [1.807, 2.05) is 0 Å². The molecule has 1 saturated heterocycles. The van der Waals surface area contributed by atoms with Crippen molar-refractivity contribution in [3.8, 4) is 0 Å². The van der Waals surface area contributed by atoms with E-state index in [1.165, 1.54) is 0 Å². The molecular formula is C10H18N2O2. The van der Waals surface area contributed by atoms with Gasteiger partial charge in [-0.15, -0.1) is 0 Å². The SMILES string of the molecule is C=C(C)OC(=O)NCC1CCNCC1. The number of alkyl carbamates (subject to hydrolysis) is 1. The summed E-state index contributed by atoms with van der Waals surface area (Å²) >= 11 is 0. The number of hydrogen-bond donors (Lipinski definition) is 2. The summed E-state index contributed by atoms with van der Waals surface area (Å²) in [4.78, 5) is 11.1. The summed E-state index contributed by atoms with van der Waals surface area (Å²) < 4.78 is 4.78. The lowest BCUT2D eigenvalue weighted by Gasteiger charge is -2.22. The van der Waals surface area contributed by atoms with Gasteiger partial charge in [0.1, 0.15) is 0 Å². The summed E-state index contributed by atoms with van der Waals surface area (Å²) in [6.45, 7) is 7.94. The molecule has 0 aromatic carbocycles. The molecule has 1 aliphatic rings. The minimum atomic E-state index is -0.393. The largest absolute Gasteiger partial charge is 0.416 e. The number of rotatable bonds is 3. The lowest BCUT2D eigenvalue weighted by atomic mass is 9.98. The van der Waals surface area contributed by atoms with E-state index in [9.17, 15) is 4.79 Å². The zero-order valence-electron chi connectivity index (χ0n) is 8.64. The third kappa shape index (κ3) is 4.28. The zero-order chi connectivity index (χ0) is 10.4. The van der Waals surface area contributed by atoms with Gasteiger partial charge < -0.3 is 15.4 Å². The van der Waals surface area contributed by atoms with Crippen LogP contribution in [0.1, 0.15) is 19.8 Å². The van der Waals surface area contributed by atoms with Crippen LogP contribution in [0, 0.1) is 5.92 Å². The standard InChI is InChI=1S/C10H18N2O2/c1-8(2)14-10(13)12-7-9-3-5-11-6-4-9/h9,11H,1,3-7H2,2H3,(H,12,13). The van der Waals surface area contributed by atoms with E-state index < -0.39 is 6.09 Å². The maximum atomic E-state index is 11.1.